The molecule has 2 atom stereocenters. The average Bonchev–Trinajstić information content (AvgIpc) is 2.80. The summed E-state index contributed by atoms with van der Waals surface area (Å²) in [6, 6.07) is -0.349. The molecule has 6 heteroatoms. The molecule has 1 heterocycles. The second-order valence-electron chi connectivity index (χ2n) is 5.66. The van der Waals surface area contributed by atoms with Gasteiger partial charge in [-0.2, -0.15) is 0 Å². The summed E-state index contributed by atoms with van der Waals surface area (Å²) in [6.45, 7) is 6.66. The summed E-state index contributed by atoms with van der Waals surface area (Å²) in [7, 11) is 0. The first-order valence-corrected chi connectivity index (χ1v) is 6.70. The van der Waals surface area contributed by atoms with Crippen molar-refractivity contribution >= 4 is 12.0 Å². The van der Waals surface area contributed by atoms with Crippen LogP contribution in [0, 0.1) is 5.41 Å². The fourth-order valence-electron chi connectivity index (χ4n) is 1.93. The molecule has 0 spiro atoms. The van der Waals surface area contributed by atoms with Gasteiger partial charge in [-0.1, -0.05) is 6.92 Å². The van der Waals surface area contributed by atoms with Crippen molar-refractivity contribution in [3.63, 3.8) is 0 Å². The predicted octanol–water partition coefficient (Wildman–Crippen LogP) is 1.36. The second kappa shape index (κ2) is 6.23. The lowest BCUT2D eigenvalue weighted by Gasteiger charge is -2.25. The van der Waals surface area contributed by atoms with E-state index in [1.807, 2.05) is 6.92 Å². The molecule has 1 aliphatic rings. The van der Waals surface area contributed by atoms with Crippen LogP contribution in [0.25, 0.3) is 0 Å². The molecular formula is C13H24N2O4. The number of carboxylic acid groups (broad SMARTS) is 1. The Balaban J connectivity index is 2.33. The molecular weight excluding hydrogens is 248 g/mol. The molecule has 0 aromatic heterocycles. The van der Waals surface area contributed by atoms with Crippen LogP contribution in [-0.2, 0) is 9.53 Å². The van der Waals surface area contributed by atoms with Gasteiger partial charge in [0.05, 0.1) is 11.0 Å². The highest BCUT2D eigenvalue weighted by Crippen LogP contribution is 2.24. The van der Waals surface area contributed by atoms with E-state index < -0.39 is 11.4 Å². The van der Waals surface area contributed by atoms with E-state index in [-0.39, 0.29) is 18.2 Å². The Hall–Kier alpha value is -1.30. The van der Waals surface area contributed by atoms with E-state index in [1.54, 1.807) is 13.8 Å². The molecule has 2 unspecified atom stereocenters. The molecule has 0 aromatic rings. The van der Waals surface area contributed by atoms with Gasteiger partial charge in [0, 0.05) is 19.7 Å². The van der Waals surface area contributed by atoms with Gasteiger partial charge in [0.15, 0.2) is 0 Å². The number of carbonyl (C=O) groups excluding carboxylic acids is 1. The van der Waals surface area contributed by atoms with Gasteiger partial charge in [0.1, 0.15) is 0 Å². The largest absolute Gasteiger partial charge is 0.481 e. The summed E-state index contributed by atoms with van der Waals surface area (Å²) in [5.41, 5.74) is -1.22. The summed E-state index contributed by atoms with van der Waals surface area (Å²) in [5.74, 6) is -0.901. The number of hydrogen-bond donors (Lipinski definition) is 3. The van der Waals surface area contributed by atoms with Crippen molar-refractivity contribution in [2.75, 3.05) is 19.7 Å². The van der Waals surface area contributed by atoms with Crippen molar-refractivity contribution in [2.24, 2.45) is 5.41 Å². The Morgan fingerprint density at radius 2 is 2.11 bits per heavy atom. The highest BCUT2D eigenvalue weighted by atomic mass is 16.5. The minimum atomic E-state index is -0.925. The zero-order valence-corrected chi connectivity index (χ0v) is 11.9. The Kier molecular flexibility index (Phi) is 5.17. The Morgan fingerprint density at radius 1 is 1.42 bits per heavy atom. The number of aliphatic carboxylic acids is 1. The molecule has 1 saturated heterocycles. The Labute approximate surface area is 113 Å². The highest BCUT2D eigenvalue weighted by Gasteiger charge is 2.32. The fourth-order valence-corrected chi connectivity index (χ4v) is 1.93. The van der Waals surface area contributed by atoms with E-state index in [9.17, 15) is 9.59 Å². The third-order valence-corrected chi connectivity index (χ3v) is 3.86. The maximum Gasteiger partial charge on any atom is 0.314 e. The minimum absolute atomic E-state index is 0.113. The van der Waals surface area contributed by atoms with Gasteiger partial charge in [0.2, 0.25) is 0 Å². The summed E-state index contributed by atoms with van der Waals surface area (Å²) in [4.78, 5) is 22.7. The number of nitrogens with one attached hydrogen (secondary N) is 2. The minimum Gasteiger partial charge on any atom is -0.481 e. The lowest BCUT2D eigenvalue weighted by atomic mass is 9.88. The van der Waals surface area contributed by atoms with Gasteiger partial charge >= 0.3 is 12.0 Å². The molecule has 2 amide bonds. The van der Waals surface area contributed by atoms with Gasteiger partial charge in [-0.3, -0.25) is 4.79 Å². The van der Waals surface area contributed by atoms with Crippen molar-refractivity contribution in [1.82, 2.24) is 10.6 Å². The van der Waals surface area contributed by atoms with Crippen molar-refractivity contribution < 1.29 is 19.4 Å². The lowest BCUT2D eigenvalue weighted by Crippen LogP contribution is -2.48. The molecule has 0 bridgehead atoms. The van der Waals surface area contributed by atoms with Crippen LogP contribution in [0.5, 0.6) is 0 Å². The zero-order valence-electron chi connectivity index (χ0n) is 11.9. The smallest absolute Gasteiger partial charge is 0.314 e. The van der Waals surface area contributed by atoms with Crippen molar-refractivity contribution in [3.8, 4) is 0 Å². The van der Waals surface area contributed by atoms with Gasteiger partial charge in [-0.25, -0.2) is 4.79 Å². The van der Waals surface area contributed by atoms with E-state index in [0.29, 0.717) is 13.0 Å². The normalized spacial score (nSPS) is 25.6. The number of hydrogen-bond acceptors (Lipinski definition) is 3. The number of urea groups is 1. The molecule has 6 nitrogen and oxygen atoms in total. The van der Waals surface area contributed by atoms with E-state index in [1.165, 1.54) is 0 Å². The molecule has 1 fully saturated rings. The van der Waals surface area contributed by atoms with Crippen LogP contribution in [-0.4, -0.2) is 42.4 Å². The van der Waals surface area contributed by atoms with Crippen LogP contribution in [0.4, 0.5) is 4.79 Å². The first kappa shape index (κ1) is 15.8. The van der Waals surface area contributed by atoms with Gasteiger partial charge in [-0.05, 0) is 33.1 Å². The van der Waals surface area contributed by atoms with E-state index in [2.05, 4.69) is 10.6 Å². The molecule has 1 aliphatic heterocycles. The molecule has 110 valence electrons. The quantitative estimate of drug-likeness (QED) is 0.681. The highest BCUT2D eigenvalue weighted by molar-refractivity contribution is 5.77. The number of carboxylic acids is 1. The van der Waals surface area contributed by atoms with Crippen LogP contribution < -0.4 is 10.6 Å². The number of ether oxygens (including phenoxy) is 1. The van der Waals surface area contributed by atoms with Gasteiger partial charge in [-0.15, -0.1) is 0 Å². The van der Waals surface area contributed by atoms with E-state index in [4.69, 9.17) is 9.84 Å². The van der Waals surface area contributed by atoms with E-state index >= 15 is 0 Å². The third-order valence-electron chi connectivity index (χ3n) is 3.86. The van der Waals surface area contributed by atoms with Crippen LogP contribution in [0.2, 0.25) is 0 Å². The monoisotopic (exact) mass is 272 g/mol. The molecule has 3 N–H and O–H groups in total. The van der Waals surface area contributed by atoms with E-state index in [0.717, 1.165) is 19.4 Å². The average molecular weight is 272 g/mol. The fraction of sp³-hybridized carbons (Fsp3) is 0.846. The van der Waals surface area contributed by atoms with Gasteiger partial charge < -0.3 is 20.5 Å². The molecule has 0 aliphatic carbocycles. The molecule has 0 aromatic carbocycles. The van der Waals surface area contributed by atoms with Gasteiger partial charge in [0.25, 0.3) is 0 Å². The number of amides is 2. The Bertz CT molecular complexity index is 340. The van der Waals surface area contributed by atoms with Crippen molar-refractivity contribution in [2.45, 2.75) is 45.6 Å². The number of rotatable bonds is 6. The maximum absolute atomic E-state index is 11.7. The number of carbonyl (C=O) groups is 2. The standard InChI is InChI=1S/C13H24N2O4/c1-4-12(2,10(16)17)8-14-11(18)15-9-13(3)6-5-7-19-13/h4-9H2,1-3H3,(H,16,17)(H2,14,15,18). The van der Waals surface area contributed by atoms with Crippen molar-refractivity contribution in [3.05, 3.63) is 0 Å². The predicted molar refractivity (Wildman–Crippen MR) is 71.0 cm³/mol. The summed E-state index contributed by atoms with van der Waals surface area (Å²) in [5, 5.41) is 14.4. The summed E-state index contributed by atoms with van der Waals surface area (Å²) < 4.78 is 5.56. The Morgan fingerprint density at radius 3 is 2.58 bits per heavy atom. The SMILES string of the molecule is CCC(C)(CNC(=O)NCC1(C)CCCO1)C(=O)O. The molecule has 1 rings (SSSR count). The summed E-state index contributed by atoms with van der Waals surface area (Å²) >= 11 is 0. The summed E-state index contributed by atoms with van der Waals surface area (Å²) in [6.07, 6.45) is 2.39. The topological polar surface area (TPSA) is 87.7 Å². The second-order valence-corrected chi connectivity index (χ2v) is 5.66. The molecule has 0 radical (unpaired) electrons. The third kappa shape index (κ3) is 4.38. The molecule has 0 saturated carbocycles. The van der Waals surface area contributed by atoms with Crippen LogP contribution in [0.3, 0.4) is 0 Å². The first-order valence-electron chi connectivity index (χ1n) is 6.70. The zero-order chi connectivity index (χ0) is 14.5. The lowest BCUT2D eigenvalue weighted by molar-refractivity contribution is -0.147. The van der Waals surface area contributed by atoms with Crippen LogP contribution >= 0.6 is 0 Å². The van der Waals surface area contributed by atoms with Crippen LogP contribution in [0.1, 0.15) is 40.0 Å². The first-order chi connectivity index (χ1) is 8.81. The van der Waals surface area contributed by atoms with Crippen LogP contribution in [0.15, 0.2) is 0 Å². The maximum atomic E-state index is 11.7. The molecule has 19 heavy (non-hydrogen) atoms. The van der Waals surface area contributed by atoms with Crippen molar-refractivity contribution in [1.29, 1.82) is 0 Å².